The molecule has 2 radical (unpaired) electrons. The molecule has 0 N–H and O–H groups in total. The van der Waals surface area contributed by atoms with Crippen LogP contribution in [-0.2, 0) is 6.42 Å². The quantitative estimate of drug-likeness (QED) is 0.522. The van der Waals surface area contributed by atoms with Gasteiger partial charge in [0.05, 0.1) is 0 Å². The van der Waals surface area contributed by atoms with Gasteiger partial charge in [-0.05, 0) is 24.5 Å². The summed E-state index contributed by atoms with van der Waals surface area (Å²) >= 11 is 5.77. The largest absolute Gasteiger partial charge is 0.370 e. The lowest BCUT2D eigenvalue weighted by Gasteiger charge is -2.31. The Labute approximate surface area is 91.5 Å². The molecule has 0 bridgehead atoms. The summed E-state index contributed by atoms with van der Waals surface area (Å²) in [5, 5.41) is 0. The lowest BCUT2D eigenvalue weighted by Crippen LogP contribution is -2.31. The molecule has 0 amide bonds. The van der Waals surface area contributed by atoms with Crippen LogP contribution in [0.2, 0.25) is 0 Å². The van der Waals surface area contributed by atoms with Crippen molar-refractivity contribution < 1.29 is 0 Å². The molecule has 0 fully saturated rings. The van der Waals surface area contributed by atoms with Gasteiger partial charge in [-0.25, -0.2) is 0 Å². The molecule has 1 heterocycles. The second-order valence-corrected chi connectivity index (χ2v) is 4.05. The third-order valence-electron chi connectivity index (χ3n) is 2.67. The number of hydrogen-bond acceptors (Lipinski definition) is 1. The minimum absolute atomic E-state index is 0.684. The number of rotatable bonds is 2. The molecule has 0 aliphatic carbocycles. The smallest absolute Gasteiger partial charge is 0.113 e. The summed E-state index contributed by atoms with van der Waals surface area (Å²) in [6.45, 7) is 2.04. The van der Waals surface area contributed by atoms with Crippen molar-refractivity contribution in [3.63, 3.8) is 0 Å². The third-order valence-corrected chi connectivity index (χ3v) is 2.84. The van der Waals surface area contributed by atoms with Crippen molar-refractivity contribution in [2.24, 2.45) is 0 Å². The highest BCUT2D eigenvalue weighted by molar-refractivity contribution is 6.32. The Morgan fingerprint density at radius 1 is 1.43 bits per heavy atom. The van der Waals surface area contributed by atoms with E-state index in [1.807, 2.05) is 6.07 Å². The second kappa shape index (κ2) is 4.27. The molecular formula is C11H13BClN. The number of benzene rings is 1. The van der Waals surface area contributed by atoms with E-state index in [4.69, 9.17) is 19.4 Å². The Morgan fingerprint density at radius 2 is 2.29 bits per heavy atom. The summed E-state index contributed by atoms with van der Waals surface area (Å²) in [5.41, 5.74) is 3.53. The van der Waals surface area contributed by atoms with Gasteiger partial charge in [-0.2, -0.15) is 0 Å². The molecule has 1 aromatic carbocycles. The van der Waals surface area contributed by atoms with E-state index < -0.39 is 0 Å². The zero-order valence-electron chi connectivity index (χ0n) is 8.17. The Bertz CT molecular complexity index is 327. The van der Waals surface area contributed by atoms with Gasteiger partial charge in [-0.3, -0.25) is 0 Å². The first-order chi connectivity index (χ1) is 6.81. The summed E-state index contributed by atoms with van der Waals surface area (Å²) in [6, 6.07) is 6.15. The molecule has 0 spiro atoms. The van der Waals surface area contributed by atoms with Gasteiger partial charge in [0.25, 0.3) is 0 Å². The monoisotopic (exact) mass is 205 g/mol. The molecule has 1 aromatic rings. The SMILES string of the molecule is [B]c1ccc2c(c1)CCCN2CCCl. The number of fused-ring (bicyclic) bond motifs is 1. The molecule has 0 aromatic heterocycles. The summed E-state index contributed by atoms with van der Waals surface area (Å²) in [5.74, 6) is 0.684. The average molecular weight is 205 g/mol. The molecule has 72 valence electrons. The van der Waals surface area contributed by atoms with Crippen molar-refractivity contribution >= 4 is 30.6 Å². The molecule has 0 atom stereocenters. The van der Waals surface area contributed by atoms with Gasteiger partial charge >= 0.3 is 0 Å². The molecule has 1 nitrogen and oxygen atoms in total. The fourth-order valence-corrected chi connectivity index (χ4v) is 2.23. The molecule has 2 rings (SSSR count). The van der Waals surface area contributed by atoms with Gasteiger partial charge in [0, 0.05) is 24.7 Å². The highest BCUT2D eigenvalue weighted by Crippen LogP contribution is 2.25. The van der Waals surface area contributed by atoms with Crippen molar-refractivity contribution in [3.8, 4) is 0 Å². The van der Waals surface area contributed by atoms with Crippen LogP contribution in [0.5, 0.6) is 0 Å². The van der Waals surface area contributed by atoms with Crippen LogP contribution in [0, 0.1) is 0 Å². The van der Waals surface area contributed by atoms with E-state index >= 15 is 0 Å². The van der Waals surface area contributed by atoms with Crippen LogP contribution in [0.15, 0.2) is 18.2 Å². The standard InChI is InChI=1S/C11H13BClN/c12-10-3-4-11-9(8-10)2-1-6-14(11)7-5-13/h3-4,8H,1-2,5-7H2. The molecule has 1 aliphatic rings. The predicted molar refractivity (Wildman–Crippen MR) is 63.1 cm³/mol. The van der Waals surface area contributed by atoms with Crippen LogP contribution in [-0.4, -0.2) is 26.8 Å². The van der Waals surface area contributed by atoms with Gasteiger partial charge in [0.2, 0.25) is 0 Å². The number of hydrogen-bond donors (Lipinski definition) is 0. The Morgan fingerprint density at radius 3 is 3.07 bits per heavy atom. The second-order valence-electron chi connectivity index (χ2n) is 3.67. The van der Waals surface area contributed by atoms with Gasteiger partial charge in [0.1, 0.15) is 7.85 Å². The first-order valence-electron chi connectivity index (χ1n) is 5.00. The van der Waals surface area contributed by atoms with Gasteiger partial charge < -0.3 is 4.90 Å². The third kappa shape index (κ3) is 1.90. The van der Waals surface area contributed by atoms with Crippen molar-refractivity contribution in [3.05, 3.63) is 23.8 Å². The van der Waals surface area contributed by atoms with Crippen molar-refractivity contribution in [2.75, 3.05) is 23.9 Å². The van der Waals surface area contributed by atoms with Crippen LogP contribution in [0.4, 0.5) is 5.69 Å². The van der Waals surface area contributed by atoms with Crippen LogP contribution in [0.1, 0.15) is 12.0 Å². The molecular weight excluding hydrogens is 192 g/mol. The number of alkyl halides is 1. The van der Waals surface area contributed by atoms with E-state index in [2.05, 4.69) is 17.0 Å². The molecule has 0 saturated carbocycles. The fourth-order valence-electron chi connectivity index (χ4n) is 2.03. The van der Waals surface area contributed by atoms with Crippen LogP contribution in [0.25, 0.3) is 0 Å². The molecule has 3 heteroatoms. The van der Waals surface area contributed by atoms with Gasteiger partial charge in [-0.1, -0.05) is 17.6 Å². The van der Waals surface area contributed by atoms with Gasteiger partial charge in [-0.15, -0.1) is 11.6 Å². The highest BCUT2D eigenvalue weighted by atomic mass is 35.5. The number of nitrogens with zero attached hydrogens (tertiary/aromatic N) is 1. The van der Waals surface area contributed by atoms with Crippen molar-refractivity contribution in [2.45, 2.75) is 12.8 Å². The predicted octanol–water partition coefficient (Wildman–Crippen LogP) is 1.47. The lowest BCUT2D eigenvalue weighted by atomic mass is 9.90. The zero-order valence-corrected chi connectivity index (χ0v) is 8.93. The Balaban J connectivity index is 2.30. The molecule has 14 heavy (non-hydrogen) atoms. The maximum Gasteiger partial charge on any atom is 0.113 e. The number of aryl methyl sites for hydroxylation is 1. The van der Waals surface area contributed by atoms with E-state index in [0.29, 0.717) is 5.88 Å². The zero-order chi connectivity index (χ0) is 9.97. The first-order valence-corrected chi connectivity index (χ1v) is 5.54. The minimum Gasteiger partial charge on any atom is -0.370 e. The van der Waals surface area contributed by atoms with E-state index in [-0.39, 0.29) is 0 Å². The maximum atomic E-state index is 5.77. The Kier molecular flexibility index (Phi) is 3.02. The molecule has 1 aliphatic heterocycles. The average Bonchev–Trinajstić information content (AvgIpc) is 2.18. The summed E-state index contributed by atoms with van der Waals surface area (Å²) < 4.78 is 0. The summed E-state index contributed by atoms with van der Waals surface area (Å²) in [7, 11) is 5.76. The van der Waals surface area contributed by atoms with Crippen LogP contribution in [0.3, 0.4) is 0 Å². The molecule has 0 saturated heterocycles. The van der Waals surface area contributed by atoms with E-state index in [1.54, 1.807) is 0 Å². The van der Waals surface area contributed by atoms with E-state index in [9.17, 15) is 0 Å². The van der Waals surface area contributed by atoms with Crippen molar-refractivity contribution in [1.29, 1.82) is 0 Å². The van der Waals surface area contributed by atoms with Crippen LogP contribution < -0.4 is 10.4 Å². The highest BCUT2D eigenvalue weighted by Gasteiger charge is 2.15. The number of anilines is 1. The lowest BCUT2D eigenvalue weighted by molar-refractivity contribution is 0.710. The summed E-state index contributed by atoms with van der Waals surface area (Å²) in [4.78, 5) is 2.34. The fraction of sp³-hybridized carbons (Fsp3) is 0.455. The summed E-state index contributed by atoms with van der Waals surface area (Å²) in [6.07, 6.45) is 2.34. The maximum absolute atomic E-state index is 5.77. The van der Waals surface area contributed by atoms with E-state index in [1.165, 1.54) is 17.7 Å². The first kappa shape index (κ1) is 9.91. The normalized spacial score (nSPS) is 15.4. The minimum atomic E-state index is 0.684. The van der Waals surface area contributed by atoms with E-state index in [0.717, 1.165) is 25.0 Å². The number of halogens is 1. The molecule has 0 unspecified atom stereocenters. The van der Waals surface area contributed by atoms with Gasteiger partial charge in [0.15, 0.2) is 0 Å². The topological polar surface area (TPSA) is 3.24 Å². The Hall–Kier alpha value is -0.625. The van der Waals surface area contributed by atoms with Crippen LogP contribution >= 0.6 is 11.6 Å². The van der Waals surface area contributed by atoms with Crippen molar-refractivity contribution in [1.82, 2.24) is 0 Å².